The molecule has 2 amide bonds. The van der Waals surface area contributed by atoms with E-state index >= 15 is 0 Å². The largest absolute Gasteiger partial charge is 0.446 e. The second-order valence-corrected chi connectivity index (χ2v) is 8.88. The molecule has 0 saturated carbocycles. The minimum atomic E-state index is -4.60. The zero-order valence-electron chi connectivity index (χ0n) is 19.9. The minimum Gasteiger partial charge on any atom is -0.446 e. The van der Waals surface area contributed by atoms with Crippen molar-refractivity contribution in [3.63, 3.8) is 0 Å². The maximum atomic E-state index is 13.2. The third-order valence-corrected chi connectivity index (χ3v) is 5.69. The van der Waals surface area contributed by atoms with Gasteiger partial charge in [-0.2, -0.15) is 13.2 Å². The minimum absolute atomic E-state index is 0.121. The molecule has 3 aromatic rings. The summed E-state index contributed by atoms with van der Waals surface area (Å²) >= 11 is 6.08. The molecule has 194 valence electrons. The molecule has 2 N–H and O–H groups in total. The fourth-order valence-corrected chi connectivity index (χ4v) is 3.65. The molecule has 0 bridgehead atoms. The third-order valence-electron chi connectivity index (χ3n) is 5.36. The average molecular weight is 533 g/mol. The second kappa shape index (κ2) is 11.9. The first-order valence-corrected chi connectivity index (χ1v) is 11.6. The molecule has 2 atom stereocenters. The van der Waals surface area contributed by atoms with Crippen LogP contribution >= 0.6 is 11.6 Å². The standard InChI is InChI=1S/C27H24ClF3N2O4/c1-16(2)22(33-24(34)20-13-6-7-14-21(20)28)26(36)37-23(17-9-4-3-5-10-17)25(35)32-19-12-8-11-18(15-19)27(29,30)31/h3-16,22-23H,1-2H3,(H,32,35)(H,33,34)/t22-,23?/m0/s1. The third kappa shape index (κ3) is 7.33. The van der Waals surface area contributed by atoms with Crippen molar-refractivity contribution < 1.29 is 32.3 Å². The monoisotopic (exact) mass is 532 g/mol. The Labute approximate surface area is 216 Å². The van der Waals surface area contributed by atoms with Gasteiger partial charge in [-0.3, -0.25) is 9.59 Å². The van der Waals surface area contributed by atoms with Crippen molar-refractivity contribution in [1.29, 1.82) is 0 Å². The van der Waals surface area contributed by atoms with Crippen LogP contribution in [0.2, 0.25) is 5.02 Å². The lowest BCUT2D eigenvalue weighted by atomic mass is 10.0. The van der Waals surface area contributed by atoms with E-state index in [1.165, 1.54) is 30.3 Å². The van der Waals surface area contributed by atoms with Crippen molar-refractivity contribution >= 4 is 35.1 Å². The lowest BCUT2D eigenvalue weighted by molar-refractivity contribution is -0.157. The van der Waals surface area contributed by atoms with Crippen LogP contribution in [-0.4, -0.2) is 23.8 Å². The molecule has 0 spiro atoms. The average Bonchev–Trinajstić information content (AvgIpc) is 2.85. The molecule has 0 aromatic heterocycles. The number of amides is 2. The number of halogens is 4. The maximum Gasteiger partial charge on any atom is 0.416 e. The molecular formula is C27H24ClF3N2O4. The molecule has 0 aliphatic carbocycles. The Balaban J connectivity index is 1.84. The smallest absolute Gasteiger partial charge is 0.416 e. The lowest BCUT2D eigenvalue weighted by Gasteiger charge is -2.25. The highest BCUT2D eigenvalue weighted by molar-refractivity contribution is 6.33. The summed E-state index contributed by atoms with van der Waals surface area (Å²) in [6.07, 6.45) is -6.10. The van der Waals surface area contributed by atoms with E-state index in [4.69, 9.17) is 16.3 Å². The molecule has 37 heavy (non-hydrogen) atoms. The van der Waals surface area contributed by atoms with Crippen molar-refractivity contribution in [2.75, 3.05) is 5.32 Å². The van der Waals surface area contributed by atoms with E-state index in [2.05, 4.69) is 10.6 Å². The zero-order valence-corrected chi connectivity index (χ0v) is 20.6. The van der Waals surface area contributed by atoms with E-state index < -0.39 is 47.6 Å². The molecule has 1 unspecified atom stereocenters. The molecule has 6 nitrogen and oxygen atoms in total. The van der Waals surface area contributed by atoms with Crippen LogP contribution in [0.1, 0.15) is 41.4 Å². The van der Waals surface area contributed by atoms with Gasteiger partial charge in [0.1, 0.15) is 6.04 Å². The summed E-state index contributed by atoms with van der Waals surface area (Å²) in [7, 11) is 0. The van der Waals surface area contributed by atoms with Gasteiger partial charge in [-0.25, -0.2) is 4.79 Å². The van der Waals surface area contributed by atoms with Crippen LogP contribution < -0.4 is 10.6 Å². The van der Waals surface area contributed by atoms with Crippen LogP contribution in [0, 0.1) is 5.92 Å². The Morgan fingerprint density at radius 1 is 0.892 bits per heavy atom. The molecule has 0 saturated heterocycles. The Morgan fingerprint density at radius 2 is 1.54 bits per heavy atom. The number of ether oxygens (including phenoxy) is 1. The molecule has 0 fully saturated rings. The predicted molar refractivity (Wildman–Crippen MR) is 133 cm³/mol. The number of hydrogen-bond donors (Lipinski definition) is 2. The van der Waals surface area contributed by atoms with Crippen LogP contribution in [-0.2, 0) is 20.5 Å². The van der Waals surface area contributed by atoms with Crippen molar-refractivity contribution in [1.82, 2.24) is 5.32 Å². The topological polar surface area (TPSA) is 84.5 Å². The molecule has 0 heterocycles. The quantitative estimate of drug-likeness (QED) is 0.347. The number of alkyl halides is 3. The van der Waals surface area contributed by atoms with Gasteiger partial charge in [-0.15, -0.1) is 0 Å². The Bertz CT molecular complexity index is 1270. The zero-order chi connectivity index (χ0) is 27.2. The fraction of sp³-hybridized carbons (Fsp3) is 0.222. The van der Waals surface area contributed by atoms with E-state index in [0.29, 0.717) is 5.56 Å². The van der Waals surface area contributed by atoms with Gasteiger partial charge in [0, 0.05) is 11.3 Å². The highest BCUT2D eigenvalue weighted by Gasteiger charge is 2.33. The first-order valence-electron chi connectivity index (χ1n) is 11.3. The molecule has 3 rings (SSSR count). The summed E-state index contributed by atoms with van der Waals surface area (Å²) < 4.78 is 44.8. The van der Waals surface area contributed by atoms with Gasteiger partial charge in [0.25, 0.3) is 11.8 Å². The number of carbonyl (C=O) groups excluding carboxylic acids is 3. The predicted octanol–water partition coefficient (Wildman–Crippen LogP) is 6.04. The van der Waals surface area contributed by atoms with Gasteiger partial charge >= 0.3 is 12.1 Å². The van der Waals surface area contributed by atoms with Gasteiger partial charge in [-0.05, 0) is 36.2 Å². The van der Waals surface area contributed by atoms with Gasteiger partial charge in [0.2, 0.25) is 6.10 Å². The van der Waals surface area contributed by atoms with E-state index in [9.17, 15) is 27.6 Å². The number of nitrogens with one attached hydrogen (secondary N) is 2. The number of anilines is 1. The number of benzene rings is 3. The number of hydrogen-bond acceptors (Lipinski definition) is 4. The van der Waals surface area contributed by atoms with Gasteiger partial charge in [-0.1, -0.05) is 74.0 Å². The van der Waals surface area contributed by atoms with E-state index in [0.717, 1.165) is 18.2 Å². The fourth-order valence-electron chi connectivity index (χ4n) is 3.43. The van der Waals surface area contributed by atoms with Crippen molar-refractivity contribution in [2.45, 2.75) is 32.2 Å². The van der Waals surface area contributed by atoms with Crippen LogP contribution in [0.15, 0.2) is 78.9 Å². The van der Waals surface area contributed by atoms with E-state index in [1.807, 2.05) is 0 Å². The van der Waals surface area contributed by atoms with Gasteiger partial charge in [0.15, 0.2) is 0 Å². The molecule has 0 aliphatic rings. The molecule has 10 heteroatoms. The van der Waals surface area contributed by atoms with Crippen LogP contribution in [0.5, 0.6) is 0 Å². The summed E-state index contributed by atoms with van der Waals surface area (Å²) in [6.45, 7) is 3.36. The van der Waals surface area contributed by atoms with Crippen LogP contribution in [0.4, 0.5) is 18.9 Å². The first kappa shape index (κ1) is 27.7. The first-order chi connectivity index (χ1) is 17.5. The van der Waals surface area contributed by atoms with Crippen LogP contribution in [0.25, 0.3) is 0 Å². The van der Waals surface area contributed by atoms with Crippen LogP contribution in [0.3, 0.4) is 0 Å². The molecule has 3 aromatic carbocycles. The Kier molecular flexibility index (Phi) is 8.94. The van der Waals surface area contributed by atoms with Crippen molar-refractivity contribution in [3.05, 3.63) is 101 Å². The second-order valence-electron chi connectivity index (χ2n) is 8.47. The summed E-state index contributed by atoms with van der Waals surface area (Å²) in [5, 5.41) is 5.16. The van der Waals surface area contributed by atoms with E-state index in [1.54, 1.807) is 44.2 Å². The lowest BCUT2D eigenvalue weighted by Crippen LogP contribution is -2.46. The summed E-state index contributed by atoms with van der Waals surface area (Å²) in [6, 6.07) is 17.3. The number of rotatable bonds is 8. The summed E-state index contributed by atoms with van der Waals surface area (Å²) in [5.74, 6) is -2.80. The molecule has 0 aliphatic heterocycles. The molecular weight excluding hydrogens is 509 g/mol. The molecule has 0 radical (unpaired) electrons. The maximum absolute atomic E-state index is 13.2. The summed E-state index contributed by atoms with van der Waals surface area (Å²) in [4.78, 5) is 39.0. The Hall–Kier alpha value is -3.85. The van der Waals surface area contributed by atoms with Crippen molar-refractivity contribution in [3.8, 4) is 0 Å². The normalized spacial score (nSPS) is 12.9. The van der Waals surface area contributed by atoms with Crippen molar-refractivity contribution in [2.24, 2.45) is 5.92 Å². The Morgan fingerprint density at radius 3 is 2.16 bits per heavy atom. The van der Waals surface area contributed by atoms with Gasteiger partial charge < -0.3 is 15.4 Å². The SMILES string of the molecule is CC(C)[C@H](NC(=O)c1ccccc1Cl)C(=O)OC(C(=O)Nc1cccc(C(F)(F)F)c1)c1ccccc1. The van der Waals surface area contributed by atoms with E-state index in [-0.39, 0.29) is 16.3 Å². The highest BCUT2D eigenvalue weighted by atomic mass is 35.5. The number of esters is 1. The number of carbonyl (C=O) groups is 3. The van der Waals surface area contributed by atoms with Gasteiger partial charge in [0.05, 0.1) is 16.1 Å². The summed E-state index contributed by atoms with van der Waals surface area (Å²) in [5.41, 5.74) is -0.616. The highest BCUT2D eigenvalue weighted by Crippen LogP contribution is 2.31.